The van der Waals surface area contributed by atoms with Crippen molar-refractivity contribution in [2.75, 3.05) is 30.3 Å². The lowest BCUT2D eigenvalue weighted by atomic mass is 10.2. The van der Waals surface area contributed by atoms with Crippen LogP contribution in [0.4, 0.5) is 11.4 Å². The van der Waals surface area contributed by atoms with Crippen LogP contribution in [0.2, 0.25) is 10.0 Å². The van der Waals surface area contributed by atoms with Gasteiger partial charge in [0.25, 0.3) is 0 Å². The maximum absolute atomic E-state index is 9.44. The summed E-state index contributed by atoms with van der Waals surface area (Å²) in [5.74, 6) is -0.396. The summed E-state index contributed by atoms with van der Waals surface area (Å²) >= 11 is 11.7. The van der Waals surface area contributed by atoms with Crippen molar-refractivity contribution in [1.82, 2.24) is 0 Å². The van der Waals surface area contributed by atoms with Gasteiger partial charge in [-0.25, -0.2) is 0 Å². The highest BCUT2D eigenvalue weighted by molar-refractivity contribution is 6.31. The first-order chi connectivity index (χ1) is 19.1. The fraction of sp³-hybridized carbons (Fsp3) is 0.346. The van der Waals surface area contributed by atoms with Gasteiger partial charge in [0.2, 0.25) is 23.8 Å². The van der Waals surface area contributed by atoms with E-state index in [0.717, 1.165) is 37.1 Å². The molecule has 0 aromatic heterocycles. The fourth-order valence-electron chi connectivity index (χ4n) is 2.80. The van der Waals surface area contributed by atoms with Crippen molar-refractivity contribution < 1.29 is 15.0 Å². The van der Waals surface area contributed by atoms with Crippen LogP contribution in [-0.2, 0) is 4.79 Å². The van der Waals surface area contributed by atoms with E-state index in [2.05, 4.69) is 30.6 Å². The lowest BCUT2D eigenvalue weighted by Crippen LogP contribution is -2.26. The fourth-order valence-corrected chi connectivity index (χ4v) is 3.05. The molecule has 2 rings (SSSR count). The zero-order valence-electron chi connectivity index (χ0n) is 21.9. The average molecular weight is 612 g/mol. The molecule has 0 amide bonds. The maximum Gasteiger partial charge on any atom is 0.305 e. The van der Waals surface area contributed by atoms with E-state index in [1.54, 1.807) is 48.5 Å². The molecule has 0 fully saturated rings. The van der Waals surface area contributed by atoms with Gasteiger partial charge in [-0.05, 0) is 61.4 Å². The molecule has 0 heterocycles. The number of nitrogens with zero attached hydrogens (tertiary/aromatic N) is 4. The van der Waals surface area contributed by atoms with Gasteiger partial charge in [0.05, 0.1) is 13.0 Å². The SMILES string of the molecule is C.NC(=NCCCCCCN=C(N)N=C(N)Nc1ccc(Cl)cc1)N=C(N)Nc1ccc(Cl)cc1.O=C(O)CCO. The minimum Gasteiger partial charge on any atom is -0.481 e. The Morgan fingerprint density at radius 3 is 1.37 bits per heavy atom. The van der Waals surface area contributed by atoms with E-state index in [0.29, 0.717) is 23.1 Å². The number of nitrogens with one attached hydrogen (secondary N) is 2. The third-order valence-corrected chi connectivity index (χ3v) is 5.15. The molecule has 0 spiro atoms. The Hall–Kier alpha value is -4.07. The van der Waals surface area contributed by atoms with E-state index in [1.807, 2.05) is 0 Å². The van der Waals surface area contributed by atoms with Crippen LogP contribution >= 0.6 is 23.2 Å². The number of aliphatic carboxylic acids is 1. The molecule has 13 nitrogen and oxygen atoms in total. The molecular formula is C26H40Cl2N10O3. The number of hydrogen-bond donors (Lipinski definition) is 8. The highest BCUT2D eigenvalue weighted by Crippen LogP contribution is 2.13. The first-order valence-electron chi connectivity index (χ1n) is 12.2. The van der Waals surface area contributed by atoms with Crippen molar-refractivity contribution in [2.24, 2.45) is 42.9 Å². The number of carboxylic acid groups (broad SMARTS) is 1. The highest BCUT2D eigenvalue weighted by atomic mass is 35.5. The predicted molar refractivity (Wildman–Crippen MR) is 171 cm³/mol. The monoisotopic (exact) mass is 610 g/mol. The minimum absolute atomic E-state index is 0. The second kappa shape index (κ2) is 21.7. The summed E-state index contributed by atoms with van der Waals surface area (Å²) in [5, 5.41) is 22.7. The molecule has 0 bridgehead atoms. The standard InChI is InChI=1S/C22H30Cl2N10.C3H6O3.CH4/c23-15-5-9-17(10-6-15)31-21(27)33-19(25)29-13-3-1-2-4-14-30-20(26)34-22(28)32-18-11-7-16(24)8-12-18;4-2-1-3(5)6;/h5-12H,1-4,13-14H2,(H5,25,27,29,31,33)(H5,26,28,30,32,34);4H,1-2H2,(H,5,6);1H4. The Morgan fingerprint density at radius 2 is 1.07 bits per heavy atom. The van der Waals surface area contributed by atoms with Crippen LogP contribution < -0.4 is 33.6 Å². The Bertz CT molecular complexity index is 1070. The van der Waals surface area contributed by atoms with Crippen LogP contribution in [-0.4, -0.2) is 59.7 Å². The molecule has 0 unspecified atom stereocenters. The van der Waals surface area contributed by atoms with Crippen LogP contribution in [0.15, 0.2) is 68.5 Å². The van der Waals surface area contributed by atoms with Crippen molar-refractivity contribution in [2.45, 2.75) is 39.5 Å². The lowest BCUT2D eigenvalue weighted by molar-refractivity contribution is -0.137. The zero-order chi connectivity index (χ0) is 29.8. The Balaban J connectivity index is 0.00000206. The van der Waals surface area contributed by atoms with Crippen LogP contribution in [0.5, 0.6) is 0 Å². The summed E-state index contributed by atoms with van der Waals surface area (Å²) < 4.78 is 0. The van der Waals surface area contributed by atoms with Crippen molar-refractivity contribution in [3.8, 4) is 0 Å². The number of halogens is 2. The van der Waals surface area contributed by atoms with E-state index >= 15 is 0 Å². The summed E-state index contributed by atoms with van der Waals surface area (Å²) in [6, 6.07) is 14.1. The summed E-state index contributed by atoms with van der Waals surface area (Å²) in [4.78, 5) is 25.9. The summed E-state index contributed by atoms with van der Waals surface area (Å²) in [7, 11) is 0. The summed E-state index contributed by atoms with van der Waals surface area (Å²) in [5.41, 5.74) is 24.8. The van der Waals surface area contributed by atoms with Gasteiger partial charge < -0.3 is 43.8 Å². The van der Waals surface area contributed by atoms with E-state index in [-0.39, 0.29) is 44.3 Å². The number of aliphatic hydroxyl groups is 1. The lowest BCUT2D eigenvalue weighted by Gasteiger charge is -2.05. The number of carbonyl (C=O) groups is 1. The third-order valence-electron chi connectivity index (χ3n) is 4.64. The van der Waals surface area contributed by atoms with Crippen LogP contribution in [0.1, 0.15) is 39.5 Å². The van der Waals surface area contributed by atoms with E-state index in [9.17, 15) is 4.79 Å². The number of aliphatic hydroxyl groups excluding tert-OH is 1. The van der Waals surface area contributed by atoms with Gasteiger partial charge in [-0.2, -0.15) is 9.98 Å². The number of nitrogens with two attached hydrogens (primary N) is 4. The van der Waals surface area contributed by atoms with Crippen LogP contribution in [0, 0.1) is 0 Å². The van der Waals surface area contributed by atoms with Crippen molar-refractivity contribution in [3.63, 3.8) is 0 Å². The van der Waals surface area contributed by atoms with Gasteiger partial charge in [-0.3, -0.25) is 14.8 Å². The quantitative estimate of drug-likeness (QED) is 0.105. The number of guanidine groups is 4. The van der Waals surface area contributed by atoms with Crippen molar-refractivity contribution in [1.29, 1.82) is 0 Å². The second-order valence-corrected chi connectivity index (χ2v) is 8.89. The molecule has 0 aliphatic heterocycles. The molecular weight excluding hydrogens is 571 g/mol. The Labute approximate surface area is 250 Å². The van der Waals surface area contributed by atoms with E-state index in [1.165, 1.54) is 0 Å². The van der Waals surface area contributed by atoms with Gasteiger partial charge in [0.1, 0.15) is 0 Å². The van der Waals surface area contributed by atoms with Crippen molar-refractivity contribution in [3.05, 3.63) is 58.6 Å². The predicted octanol–water partition coefficient (Wildman–Crippen LogP) is 3.43. The molecule has 2 aromatic carbocycles. The molecule has 226 valence electrons. The van der Waals surface area contributed by atoms with Crippen molar-refractivity contribution >= 4 is 64.4 Å². The number of unbranched alkanes of at least 4 members (excludes halogenated alkanes) is 3. The van der Waals surface area contributed by atoms with Crippen LogP contribution in [0.3, 0.4) is 0 Å². The molecule has 41 heavy (non-hydrogen) atoms. The first kappa shape index (κ1) is 36.9. The molecule has 0 aliphatic rings. The Morgan fingerprint density at radius 1 is 0.707 bits per heavy atom. The van der Waals surface area contributed by atoms with Gasteiger partial charge in [0, 0.05) is 34.5 Å². The van der Waals surface area contributed by atoms with Crippen LogP contribution in [0.25, 0.3) is 0 Å². The second-order valence-electron chi connectivity index (χ2n) is 8.02. The van der Waals surface area contributed by atoms with E-state index < -0.39 is 5.97 Å². The minimum atomic E-state index is -0.961. The van der Waals surface area contributed by atoms with Gasteiger partial charge in [-0.15, -0.1) is 0 Å². The van der Waals surface area contributed by atoms with Gasteiger partial charge in [0.15, 0.2) is 0 Å². The Kier molecular flexibility index (Phi) is 19.6. The summed E-state index contributed by atoms with van der Waals surface area (Å²) in [6.45, 7) is 0.855. The molecule has 0 saturated carbocycles. The zero-order valence-corrected chi connectivity index (χ0v) is 23.4. The molecule has 0 radical (unpaired) electrons. The summed E-state index contributed by atoms with van der Waals surface area (Å²) in [6.07, 6.45) is 3.53. The topological polar surface area (TPSA) is 235 Å². The highest BCUT2D eigenvalue weighted by Gasteiger charge is 1.99. The number of anilines is 2. The normalized spacial score (nSPS) is 12.1. The average Bonchev–Trinajstić information content (AvgIpc) is 2.88. The molecule has 15 heteroatoms. The molecule has 0 atom stereocenters. The maximum atomic E-state index is 9.44. The molecule has 2 aromatic rings. The molecule has 0 saturated heterocycles. The first-order valence-corrected chi connectivity index (χ1v) is 13.0. The largest absolute Gasteiger partial charge is 0.481 e. The number of hydrogen-bond acceptors (Lipinski definition) is 4. The van der Waals surface area contributed by atoms with E-state index in [4.69, 9.17) is 56.3 Å². The number of carboxylic acids is 1. The van der Waals surface area contributed by atoms with Gasteiger partial charge in [-0.1, -0.05) is 43.5 Å². The molecule has 0 aliphatic carbocycles. The number of benzene rings is 2. The smallest absolute Gasteiger partial charge is 0.305 e. The third kappa shape index (κ3) is 19.6. The van der Waals surface area contributed by atoms with Gasteiger partial charge >= 0.3 is 5.97 Å². The molecule has 12 N–H and O–H groups in total. The number of aliphatic imine (C=N–C) groups is 4. The number of rotatable bonds is 11.